The number of hydrogen-bond acceptors (Lipinski definition) is 8. The van der Waals surface area contributed by atoms with Gasteiger partial charge in [0.2, 0.25) is 11.7 Å². The van der Waals surface area contributed by atoms with Crippen molar-refractivity contribution >= 4 is 23.4 Å². The van der Waals surface area contributed by atoms with Crippen LogP contribution in [0.3, 0.4) is 0 Å². The maximum atomic E-state index is 6.25. The molecule has 0 saturated heterocycles. The SMILES string of the molecule is COc1cccc(-c2nnc(SCc3nc(-c4ccccc4Cl)no3)n2Cc2ccco2)c1. The minimum atomic E-state index is 0.422. The highest BCUT2D eigenvalue weighted by molar-refractivity contribution is 7.98. The van der Waals surface area contributed by atoms with E-state index in [0.29, 0.717) is 40.0 Å². The molecule has 0 fully saturated rings. The van der Waals surface area contributed by atoms with Crippen LogP contribution in [0.1, 0.15) is 11.7 Å². The van der Waals surface area contributed by atoms with Crippen LogP contribution in [0.2, 0.25) is 5.02 Å². The molecule has 166 valence electrons. The Kier molecular flexibility index (Phi) is 6.14. The zero-order chi connectivity index (χ0) is 22.6. The fourth-order valence-corrected chi connectivity index (χ4v) is 4.26. The lowest BCUT2D eigenvalue weighted by molar-refractivity contribution is 0.391. The molecule has 0 N–H and O–H groups in total. The van der Waals surface area contributed by atoms with E-state index < -0.39 is 0 Å². The van der Waals surface area contributed by atoms with Gasteiger partial charge >= 0.3 is 0 Å². The van der Waals surface area contributed by atoms with E-state index in [2.05, 4.69) is 20.3 Å². The Bertz CT molecular complexity index is 1370. The summed E-state index contributed by atoms with van der Waals surface area (Å²) in [6, 6.07) is 18.8. The molecule has 0 saturated carbocycles. The zero-order valence-electron chi connectivity index (χ0n) is 17.5. The van der Waals surface area contributed by atoms with Crippen LogP contribution in [-0.4, -0.2) is 32.0 Å². The topological polar surface area (TPSA) is 92.0 Å². The smallest absolute Gasteiger partial charge is 0.237 e. The Hall–Kier alpha value is -3.56. The first kappa shape index (κ1) is 21.3. The van der Waals surface area contributed by atoms with Gasteiger partial charge in [0.25, 0.3) is 0 Å². The fraction of sp³-hybridized carbons (Fsp3) is 0.130. The van der Waals surface area contributed by atoms with E-state index in [1.165, 1.54) is 11.8 Å². The zero-order valence-corrected chi connectivity index (χ0v) is 19.1. The number of hydrogen-bond donors (Lipinski definition) is 0. The third-order valence-electron chi connectivity index (χ3n) is 4.85. The molecule has 0 atom stereocenters. The second kappa shape index (κ2) is 9.51. The summed E-state index contributed by atoms with van der Waals surface area (Å²) in [6.45, 7) is 0.476. The van der Waals surface area contributed by atoms with Gasteiger partial charge in [0, 0.05) is 11.1 Å². The summed E-state index contributed by atoms with van der Waals surface area (Å²) in [7, 11) is 1.63. The number of nitrogens with zero attached hydrogens (tertiary/aromatic N) is 5. The second-order valence-electron chi connectivity index (χ2n) is 6.98. The van der Waals surface area contributed by atoms with Gasteiger partial charge in [0.15, 0.2) is 11.0 Å². The van der Waals surface area contributed by atoms with Crippen LogP contribution in [0.4, 0.5) is 0 Å². The van der Waals surface area contributed by atoms with Gasteiger partial charge in [-0.3, -0.25) is 4.57 Å². The number of thioether (sulfide) groups is 1. The Balaban J connectivity index is 1.41. The van der Waals surface area contributed by atoms with Gasteiger partial charge in [0.05, 0.1) is 30.7 Å². The third-order valence-corrected chi connectivity index (χ3v) is 6.13. The summed E-state index contributed by atoms with van der Waals surface area (Å²) < 4.78 is 18.3. The van der Waals surface area contributed by atoms with Crippen molar-refractivity contribution in [3.05, 3.63) is 83.6 Å². The van der Waals surface area contributed by atoms with Gasteiger partial charge in [-0.05, 0) is 36.4 Å². The highest BCUT2D eigenvalue weighted by Gasteiger charge is 2.18. The Labute approximate surface area is 198 Å². The van der Waals surface area contributed by atoms with E-state index in [-0.39, 0.29) is 0 Å². The van der Waals surface area contributed by atoms with Crippen LogP contribution in [0, 0.1) is 0 Å². The molecule has 8 nitrogen and oxygen atoms in total. The predicted molar refractivity (Wildman–Crippen MR) is 124 cm³/mol. The Morgan fingerprint density at radius 1 is 1.06 bits per heavy atom. The number of aromatic nitrogens is 5. The lowest BCUT2D eigenvalue weighted by Crippen LogP contribution is -2.03. The molecule has 0 aliphatic heterocycles. The molecule has 2 aromatic carbocycles. The molecule has 5 aromatic rings. The Morgan fingerprint density at radius 3 is 2.79 bits per heavy atom. The van der Waals surface area contributed by atoms with Crippen LogP contribution < -0.4 is 4.74 Å². The maximum absolute atomic E-state index is 6.25. The fourth-order valence-electron chi connectivity index (χ4n) is 3.26. The standard InChI is InChI=1S/C23H18ClN5O3S/c1-30-16-7-4-6-15(12-16)22-26-27-23(29(22)13-17-8-5-11-31-17)33-14-20-25-21(28-32-20)18-9-2-3-10-19(18)24/h2-12H,13-14H2,1H3. The van der Waals surface area contributed by atoms with Crippen molar-refractivity contribution in [2.45, 2.75) is 17.5 Å². The van der Waals surface area contributed by atoms with Gasteiger partial charge in [0.1, 0.15) is 11.5 Å². The summed E-state index contributed by atoms with van der Waals surface area (Å²) in [6.07, 6.45) is 1.65. The molecule has 33 heavy (non-hydrogen) atoms. The largest absolute Gasteiger partial charge is 0.497 e. The van der Waals surface area contributed by atoms with E-state index in [4.69, 9.17) is 25.3 Å². The predicted octanol–water partition coefficient (Wildman–Crippen LogP) is 5.59. The van der Waals surface area contributed by atoms with Crippen molar-refractivity contribution in [2.24, 2.45) is 0 Å². The number of furan rings is 1. The van der Waals surface area contributed by atoms with E-state index in [1.807, 2.05) is 59.2 Å². The van der Waals surface area contributed by atoms with Crippen molar-refractivity contribution < 1.29 is 13.7 Å². The maximum Gasteiger partial charge on any atom is 0.237 e. The molecule has 0 bridgehead atoms. The minimum absolute atomic E-state index is 0.422. The summed E-state index contributed by atoms with van der Waals surface area (Å²) in [4.78, 5) is 4.47. The third kappa shape index (κ3) is 4.64. The van der Waals surface area contributed by atoms with Crippen LogP contribution >= 0.6 is 23.4 Å². The molecule has 0 spiro atoms. The van der Waals surface area contributed by atoms with Crippen LogP contribution in [0.15, 0.2) is 81.0 Å². The normalized spacial score (nSPS) is 11.1. The van der Waals surface area contributed by atoms with Crippen molar-refractivity contribution in [1.82, 2.24) is 24.9 Å². The number of methoxy groups -OCH3 is 1. The summed E-state index contributed by atoms with van der Waals surface area (Å²) in [5.41, 5.74) is 1.61. The lowest BCUT2D eigenvalue weighted by atomic mass is 10.2. The first-order valence-electron chi connectivity index (χ1n) is 10.0. The van der Waals surface area contributed by atoms with Gasteiger partial charge < -0.3 is 13.7 Å². The highest BCUT2D eigenvalue weighted by Crippen LogP contribution is 2.30. The summed E-state index contributed by atoms with van der Waals surface area (Å²) in [5, 5.41) is 14.2. The Morgan fingerprint density at radius 2 is 1.97 bits per heavy atom. The van der Waals surface area contributed by atoms with E-state index in [1.54, 1.807) is 19.4 Å². The average Bonchev–Trinajstić information content (AvgIpc) is 3.60. The van der Waals surface area contributed by atoms with E-state index in [0.717, 1.165) is 22.6 Å². The molecule has 0 unspecified atom stereocenters. The van der Waals surface area contributed by atoms with Crippen molar-refractivity contribution in [3.8, 4) is 28.5 Å². The number of benzene rings is 2. The first-order chi connectivity index (χ1) is 16.2. The van der Waals surface area contributed by atoms with Crippen molar-refractivity contribution in [3.63, 3.8) is 0 Å². The van der Waals surface area contributed by atoms with Crippen LogP contribution in [0.25, 0.3) is 22.8 Å². The number of ether oxygens (including phenoxy) is 1. The minimum Gasteiger partial charge on any atom is -0.497 e. The number of rotatable bonds is 8. The van der Waals surface area contributed by atoms with Gasteiger partial charge in [-0.25, -0.2) is 0 Å². The molecule has 0 amide bonds. The molecule has 5 rings (SSSR count). The van der Waals surface area contributed by atoms with E-state index in [9.17, 15) is 0 Å². The van der Waals surface area contributed by atoms with Gasteiger partial charge in [-0.2, -0.15) is 4.98 Å². The molecular weight excluding hydrogens is 462 g/mol. The van der Waals surface area contributed by atoms with Gasteiger partial charge in [-0.1, -0.05) is 52.8 Å². The summed E-state index contributed by atoms with van der Waals surface area (Å²) in [5.74, 6) is 3.57. The van der Waals surface area contributed by atoms with E-state index >= 15 is 0 Å². The molecular formula is C23H18ClN5O3S. The highest BCUT2D eigenvalue weighted by atomic mass is 35.5. The molecule has 3 heterocycles. The molecule has 3 aromatic heterocycles. The lowest BCUT2D eigenvalue weighted by Gasteiger charge is -2.09. The monoisotopic (exact) mass is 479 g/mol. The van der Waals surface area contributed by atoms with Gasteiger partial charge in [-0.15, -0.1) is 10.2 Å². The average molecular weight is 480 g/mol. The summed E-state index contributed by atoms with van der Waals surface area (Å²) >= 11 is 7.69. The van der Waals surface area contributed by atoms with Crippen LogP contribution in [-0.2, 0) is 12.3 Å². The molecule has 0 aliphatic rings. The van der Waals surface area contributed by atoms with Crippen LogP contribution in [0.5, 0.6) is 5.75 Å². The second-order valence-corrected chi connectivity index (χ2v) is 8.33. The molecule has 0 aliphatic carbocycles. The molecule has 0 radical (unpaired) electrons. The molecule has 10 heteroatoms. The first-order valence-corrected chi connectivity index (χ1v) is 11.4. The number of halogens is 1. The quantitative estimate of drug-likeness (QED) is 0.266. The van der Waals surface area contributed by atoms with Crippen molar-refractivity contribution in [1.29, 1.82) is 0 Å². The van der Waals surface area contributed by atoms with Crippen molar-refractivity contribution in [2.75, 3.05) is 7.11 Å².